The summed E-state index contributed by atoms with van der Waals surface area (Å²) in [6.45, 7) is 4.23. The van der Waals surface area contributed by atoms with Gasteiger partial charge in [-0.3, -0.25) is 4.79 Å². The normalized spacial score (nSPS) is 20.2. The quantitative estimate of drug-likeness (QED) is 0.549. The molecule has 2 atom stereocenters. The fourth-order valence-corrected chi connectivity index (χ4v) is 4.50. The Balaban J connectivity index is 1.70. The zero-order valence-electron chi connectivity index (χ0n) is 15.4. The minimum absolute atomic E-state index is 0.135. The van der Waals surface area contributed by atoms with E-state index in [9.17, 15) is 9.18 Å². The van der Waals surface area contributed by atoms with Crippen LogP contribution in [0.4, 0.5) is 4.39 Å². The van der Waals surface area contributed by atoms with E-state index >= 15 is 0 Å². The van der Waals surface area contributed by atoms with Crippen molar-refractivity contribution < 1.29 is 13.9 Å². The van der Waals surface area contributed by atoms with Crippen LogP contribution >= 0.6 is 11.8 Å². The third kappa shape index (κ3) is 4.09. The van der Waals surface area contributed by atoms with Crippen molar-refractivity contribution in [3.05, 3.63) is 35.4 Å². The predicted molar refractivity (Wildman–Crippen MR) is 99.4 cm³/mol. The molecule has 0 unspecified atom stereocenters. The Bertz CT molecular complexity index is 793. The van der Waals surface area contributed by atoms with E-state index in [1.54, 1.807) is 6.07 Å². The number of benzene rings is 1. The molecule has 2 aromatic rings. The molecule has 0 N–H and O–H groups in total. The molecule has 0 saturated heterocycles. The van der Waals surface area contributed by atoms with Gasteiger partial charge in [0, 0.05) is 11.6 Å². The number of rotatable bonds is 6. The van der Waals surface area contributed by atoms with Crippen LogP contribution in [0.5, 0.6) is 5.75 Å². The number of ether oxygens (including phenoxy) is 1. The molecule has 7 heteroatoms. The number of ketones is 1. The Morgan fingerprint density at radius 2 is 2.19 bits per heavy atom. The fraction of sp³-hybridized carbons (Fsp3) is 0.526. The number of carbonyl (C=O) groups is 1. The standard InChI is InChI=1S/C19H24FN3O2S/c1-12-5-4-6-15(9-12)23-13(2)21-22-19(23)26-11-17(24)14-7-8-18(25-3)16(20)10-14/h7-8,10,12,15H,4-6,9,11H2,1-3H3/t12-,15-/m1/s1. The lowest BCUT2D eigenvalue weighted by Gasteiger charge is -2.29. The molecule has 26 heavy (non-hydrogen) atoms. The van der Waals surface area contributed by atoms with Crippen molar-refractivity contribution in [3.63, 3.8) is 0 Å². The van der Waals surface area contributed by atoms with Crippen LogP contribution in [0.15, 0.2) is 23.4 Å². The van der Waals surface area contributed by atoms with Crippen LogP contribution in [0.2, 0.25) is 0 Å². The molecular weight excluding hydrogens is 353 g/mol. The molecule has 1 aliphatic carbocycles. The number of carbonyl (C=O) groups excluding carboxylic acids is 1. The van der Waals surface area contributed by atoms with Gasteiger partial charge in [0.1, 0.15) is 5.82 Å². The molecule has 0 radical (unpaired) electrons. The molecule has 1 heterocycles. The third-order valence-corrected chi connectivity index (χ3v) is 5.86. The highest BCUT2D eigenvalue weighted by molar-refractivity contribution is 7.99. The summed E-state index contributed by atoms with van der Waals surface area (Å²) in [6.07, 6.45) is 4.71. The first-order valence-corrected chi connectivity index (χ1v) is 9.89. The smallest absolute Gasteiger partial charge is 0.191 e. The van der Waals surface area contributed by atoms with E-state index in [4.69, 9.17) is 4.74 Å². The molecule has 1 aliphatic rings. The maximum atomic E-state index is 13.8. The Hall–Kier alpha value is -1.89. The summed E-state index contributed by atoms with van der Waals surface area (Å²) in [5, 5.41) is 9.23. The topological polar surface area (TPSA) is 57.0 Å². The third-order valence-electron chi connectivity index (χ3n) is 4.91. The molecule has 0 spiro atoms. The van der Waals surface area contributed by atoms with Gasteiger partial charge in [0.05, 0.1) is 12.9 Å². The molecule has 0 aliphatic heterocycles. The molecule has 140 valence electrons. The largest absolute Gasteiger partial charge is 0.494 e. The lowest BCUT2D eigenvalue weighted by Crippen LogP contribution is -2.19. The van der Waals surface area contributed by atoms with Crippen LogP contribution in [-0.4, -0.2) is 33.4 Å². The number of thioether (sulfide) groups is 1. The number of hydrogen-bond acceptors (Lipinski definition) is 5. The molecule has 1 fully saturated rings. The van der Waals surface area contributed by atoms with Crippen molar-refractivity contribution in [3.8, 4) is 5.75 Å². The second-order valence-corrected chi connectivity index (χ2v) is 7.83. The van der Waals surface area contributed by atoms with Crippen molar-refractivity contribution in [2.45, 2.75) is 50.7 Å². The summed E-state index contributed by atoms with van der Waals surface area (Å²) in [4.78, 5) is 12.4. The zero-order valence-corrected chi connectivity index (χ0v) is 16.2. The van der Waals surface area contributed by atoms with E-state index < -0.39 is 5.82 Å². The van der Waals surface area contributed by atoms with Crippen LogP contribution in [-0.2, 0) is 0 Å². The highest BCUT2D eigenvalue weighted by Gasteiger charge is 2.25. The van der Waals surface area contributed by atoms with Gasteiger partial charge in [0.2, 0.25) is 0 Å². The van der Waals surface area contributed by atoms with Crippen molar-refractivity contribution in [1.29, 1.82) is 0 Å². The highest BCUT2D eigenvalue weighted by Crippen LogP contribution is 2.35. The predicted octanol–water partition coefficient (Wildman–Crippen LogP) is 4.46. The van der Waals surface area contributed by atoms with E-state index in [0.717, 1.165) is 23.8 Å². The van der Waals surface area contributed by atoms with Crippen LogP contribution in [0.1, 0.15) is 54.8 Å². The molecule has 3 rings (SSSR count). The van der Waals surface area contributed by atoms with Crippen molar-refractivity contribution in [2.75, 3.05) is 12.9 Å². The number of hydrogen-bond donors (Lipinski definition) is 0. The highest BCUT2D eigenvalue weighted by atomic mass is 32.2. The van der Waals surface area contributed by atoms with Gasteiger partial charge >= 0.3 is 0 Å². The first-order valence-electron chi connectivity index (χ1n) is 8.90. The number of halogens is 1. The lowest BCUT2D eigenvalue weighted by molar-refractivity contribution is 0.102. The van der Waals surface area contributed by atoms with Gasteiger partial charge in [-0.25, -0.2) is 4.39 Å². The molecule has 5 nitrogen and oxygen atoms in total. The average Bonchev–Trinajstić information content (AvgIpc) is 3.00. The number of aryl methyl sites for hydroxylation is 1. The van der Waals surface area contributed by atoms with E-state index in [2.05, 4.69) is 21.7 Å². The van der Waals surface area contributed by atoms with Gasteiger partial charge in [-0.05, 0) is 43.9 Å². The summed E-state index contributed by atoms with van der Waals surface area (Å²) in [6, 6.07) is 4.68. The van der Waals surface area contributed by atoms with Crippen LogP contribution in [0, 0.1) is 18.7 Å². The Kier molecular flexibility index (Phi) is 5.96. The molecule has 1 aromatic carbocycles. The van der Waals surface area contributed by atoms with Gasteiger partial charge in [-0.2, -0.15) is 0 Å². The summed E-state index contributed by atoms with van der Waals surface area (Å²) >= 11 is 1.37. The Labute approximate surface area is 157 Å². The van der Waals surface area contributed by atoms with Gasteiger partial charge in [-0.15, -0.1) is 10.2 Å². The minimum Gasteiger partial charge on any atom is -0.494 e. The van der Waals surface area contributed by atoms with Gasteiger partial charge in [0.25, 0.3) is 0 Å². The van der Waals surface area contributed by atoms with E-state index in [1.165, 1.54) is 43.8 Å². The van der Waals surface area contributed by atoms with Crippen LogP contribution in [0.25, 0.3) is 0 Å². The first-order chi connectivity index (χ1) is 12.5. The Morgan fingerprint density at radius 1 is 1.38 bits per heavy atom. The van der Waals surface area contributed by atoms with Crippen molar-refractivity contribution in [2.24, 2.45) is 5.92 Å². The molecule has 0 bridgehead atoms. The summed E-state index contributed by atoms with van der Waals surface area (Å²) in [5.74, 6) is 1.24. The number of Topliss-reactive ketones (excluding diaryl/α,β-unsaturated/α-hetero) is 1. The summed E-state index contributed by atoms with van der Waals surface area (Å²) < 4.78 is 20.9. The first kappa shape index (κ1) is 18.9. The van der Waals surface area contributed by atoms with Gasteiger partial charge in [0.15, 0.2) is 22.5 Å². The maximum absolute atomic E-state index is 13.8. The van der Waals surface area contributed by atoms with Crippen LogP contribution < -0.4 is 4.74 Å². The van der Waals surface area contributed by atoms with Crippen molar-refractivity contribution >= 4 is 17.5 Å². The molecular formula is C19H24FN3O2S. The zero-order chi connectivity index (χ0) is 18.7. The van der Waals surface area contributed by atoms with Crippen molar-refractivity contribution in [1.82, 2.24) is 14.8 Å². The van der Waals surface area contributed by atoms with Gasteiger partial charge in [-0.1, -0.05) is 31.5 Å². The minimum atomic E-state index is -0.529. The lowest BCUT2D eigenvalue weighted by atomic mass is 9.87. The molecule has 1 aromatic heterocycles. The second kappa shape index (κ2) is 8.20. The average molecular weight is 377 g/mol. The van der Waals surface area contributed by atoms with E-state index in [0.29, 0.717) is 17.5 Å². The maximum Gasteiger partial charge on any atom is 0.191 e. The fourth-order valence-electron chi connectivity index (χ4n) is 3.56. The number of aromatic nitrogens is 3. The van der Waals surface area contributed by atoms with Crippen LogP contribution in [0.3, 0.4) is 0 Å². The number of methoxy groups -OCH3 is 1. The summed E-state index contributed by atoms with van der Waals surface area (Å²) in [5.41, 5.74) is 0.338. The monoisotopic (exact) mass is 377 g/mol. The summed E-state index contributed by atoms with van der Waals surface area (Å²) in [7, 11) is 1.40. The molecule has 0 amide bonds. The molecule has 1 saturated carbocycles. The second-order valence-electron chi connectivity index (χ2n) is 6.89. The van der Waals surface area contributed by atoms with E-state index in [1.807, 2.05) is 6.92 Å². The SMILES string of the molecule is COc1ccc(C(=O)CSc2nnc(C)n2[C@@H]2CCC[C@@H](C)C2)cc1F. The van der Waals surface area contributed by atoms with Gasteiger partial charge < -0.3 is 9.30 Å². The number of nitrogens with zero attached hydrogens (tertiary/aromatic N) is 3. The Morgan fingerprint density at radius 3 is 2.88 bits per heavy atom. The van der Waals surface area contributed by atoms with E-state index in [-0.39, 0.29) is 17.3 Å².